The Morgan fingerprint density at radius 3 is 2.79 bits per heavy atom. The SMILES string of the molecule is Cn1ccc(=O)n(Cc2ccc(C(=O)NN)s2)c1=O. The van der Waals surface area contributed by atoms with Gasteiger partial charge in [-0.3, -0.25) is 19.6 Å². The molecule has 19 heavy (non-hydrogen) atoms. The van der Waals surface area contributed by atoms with E-state index in [1.165, 1.54) is 28.2 Å². The first-order chi connectivity index (χ1) is 9.02. The second-order valence-corrected chi connectivity index (χ2v) is 5.04. The molecular formula is C11H12N4O3S. The lowest BCUT2D eigenvalue weighted by molar-refractivity contribution is 0.0957. The number of nitrogens with zero attached hydrogens (tertiary/aromatic N) is 2. The number of hydrogen-bond acceptors (Lipinski definition) is 5. The van der Waals surface area contributed by atoms with Crippen molar-refractivity contribution >= 4 is 17.2 Å². The summed E-state index contributed by atoms with van der Waals surface area (Å²) in [6.45, 7) is 0.134. The highest BCUT2D eigenvalue weighted by Crippen LogP contribution is 2.16. The minimum Gasteiger partial charge on any atom is -0.303 e. The number of amides is 1. The first kappa shape index (κ1) is 13.2. The lowest BCUT2D eigenvalue weighted by Gasteiger charge is -2.04. The highest BCUT2D eigenvalue weighted by atomic mass is 32.1. The molecule has 0 saturated heterocycles. The van der Waals surface area contributed by atoms with Crippen molar-refractivity contribution in [2.75, 3.05) is 0 Å². The van der Waals surface area contributed by atoms with Gasteiger partial charge in [0.15, 0.2) is 0 Å². The van der Waals surface area contributed by atoms with E-state index in [1.807, 2.05) is 5.43 Å². The highest BCUT2D eigenvalue weighted by molar-refractivity contribution is 7.14. The molecule has 2 aromatic rings. The number of hydrazine groups is 1. The Hall–Kier alpha value is -2.19. The van der Waals surface area contributed by atoms with Crippen LogP contribution in [0.1, 0.15) is 14.5 Å². The molecule has 1 amide bonds. The first-order valence-corrected chi connectivity index (χ1v) is 6.20. The van der Waals surface area contributed by atoms with Gasteiger partial charge in [-0.05, 0) is 12.1 Å². The number of carbonyl (C=O) groups is 1. The summed E-state index contributed by atoms with van der Waals surface area (Å²) in [5.41, 5.74) is 1.26. The summed E-state index contributed by atoms with van der Waals surface area (Å²) >= 11 is 1.18. The number of nitrogen functional groups attached to an aromatic ring is 1. The molecule has 0 atom stereocenters. The standard InChI is InChI=1S/C11H12N4O3S/c1-14-5-4-9(16)15(11(14)18)6-7-2-3-8(19-7)10(17)13-12/h2-5H,6,12H2,1H3,(H,13,17). The Kier molecular flexibility index (Phi) is 3.63. The Bertz CT molecular complexity index is 728. The Morgan fingerprint density at radius 1 is 1.37 bits per heavy atom. The van der Waals surface area contributed by atoms with Crippen LogP contribution < -0.4 is 22.5 Å². The van der Waals surface area contributed by atoms with Gasteiger partial charge in [0.2, 0.25) is 0 Å². The van der Waals surface area contributed by atoms with Gasteiger partial charge < -0.3 is 4.57 Å². The Morgan fingerprint density at radius 2 is 2.11 bits per heavy atom. The van der Waals surface area contributed by atoms with Crippen molar-refractivity contribution in [2.45, 2.75) is 6.54 Å². The zero-order chi connectivity index (χ0) is 14.0. The fraction of sp³-hybridized carbons (Fsp3) is 0.182. The van der Waals surface area contributed by atoms with Gasteiger partial charge in [-0.15, -0.1) is 11.3 Å². The molecule has 0 unspecified atom stereocenters. The lowest BCUT2D eigenvalue weighted by atomic mass is 10.4. The van der Waals surface area contributed by atoms with E-state index in [4.69, 9.17) is 5.84 Å². The van der Waals surface area contributed by atoms with Crippen molar-refractivity contribution in [3.05, 3.63) is 55.0 Å². The molecule has 3 N–H and O–H groups in total. The summed E-state index contributed by atoms with van der Waals surface area (Å²) < 4.78 is 2.43. The van der Waals surface area contributed by atoms with E-state index in [9.17, 15) is 14.4 Å². The van der Waals surface area contributed by atoms with Crippen molar-refractivity contribution in [3.63, 3.8) is 0 Å². The number of carbonyl (C=O) groups excluding carboxylic acids is 1. The molecule has 2 rings (SSSR count). The third kappa shape index (κ3) is 2.64. The number of aromatic nitrogens is 2. The lowest BCUT2D eigenvalue weighted by Crippen LogP contribution is -2.37. The van der Waals surface area contributed by atoms with Gasteiger partial charge in [0.25, 0.3) is 11.5 Å². The number of aryl methyl sites for hydroxylation is 1. The number of rotatable bonds is 3. The number of hydrogen-bond donors (Lipinski definition) is 2. The second-order valence-electron chi connectivity index (χ2n) is 3.87. The van der Waals surface area contributed by atoms with Crippen LogP contribution in [0, 0.1) is 0 Å². The maximum Gasteiger partial charge on any atom is 0.331 e. The van der Waals surface area contributed by atoms with E-state index >= 15 is 0 Å². The molecule has 0 aliphatic rings. The van der Waals surface area contributed by atoms with Gasteiger partial charge >= 0.3 is 5.69 Å². The predicted octanol–water partition coefficient (Wildman–Crippen LogP) is -0.740. The fourth-order valence-corrected chi connectivity index (χ4v) is 2.47. The van der Waals surface area contributed by atoms with Gasteiger partial charge in [-0.25, -0.2) is 10.6 Å². The van der Waals surface area contributed by atoms with Crippen LogP contribution in [0.4, 0.5) is 0 Å². The molecule has 0 aliphatic carbocycles. The molecule has 0 bridgehead atoms. The van der Waals surface area contributed by atoms with E-state index in [0.717, 1.165) is 9.44 Å². The van der Waals surface area contributed by atoms with E-state index in [2.05, 4.69) is 0 Å². The molecule has 7 nitrogen and oxygen atoms in total. The predicted molar refractivity (Wildman–Crippen MR) is 71.0 cm³/mol. The van der Waals surface area contributed by atoms with Crippen LogP contribution in [0.2, 0.25) is 0 Å². The van der Waals surface area contributed by atoms with E-state index in [0.29, 0.717) is 4.88 Å². The average molecular weight is 280 g/mol. The number of thiophene rings is 1. The van der Waals surface area contributed by atoms with Gasteiger partial charge in [0.1, 0.15) is 0 Å². The fourth-order valence-electron chi connectivity index (χ4n) is 1.57. The largest absolute Gasteiger partial charge is 0.331 e. The maximum absolute atomic E-state index is 11.8. The molecular weight excluding hydrogens is 268 g/mol. The maximum atomic E-state index is 11.8. The van der Waals surface area contributed by atoms with Crippen molar-refractivity contribution in [1.82, 2.24) is 14.6 Å². The minimum atomic E-state index is -0.399. The third-order valence-corrected chi connectivity index (χ3v) is 3.64. The van der Waals surface area contributed by atoms with Crippen LogP contribution >= 0.6 is 11.3 Å². The van der Waals surface area contributed by atoms with Crippen LogP contribution in [0.15, 0.2) is 34.0 Å². The monoisotopic (exact) mass is 280 g/mol. The van der Waals surface area contributed by atoms with Gasteiger partial charge in [0, 0.05) is 24.2 Å². The van der Waals surface area contributed by atoms with Crippen LogP contribution in [0.3, 0.4) is 0 Å². The first-order valence-electron chi connectivity index (χ1n) is 5.39. The Balaban J connectivity index is 2.35. The molecule has 2 heterocycles. The summed E-state index contributed by atoms with van der Waals surface area (Å²) in [4.78, 5) is 35.9. The van der Waals surface area contributed by atoms with Crippen molar-refractivity contribution in [2.24, 2.45) is 12.9 Å². The van der Waals surface area contributed by atoms with Gasteiger partial charge in [-0.1, -0.05) is 0 Å². The molecule has 2 aromatic heterocycles. The zero-order valence-electron chi connectivity index (χ0n) is 10.1. The van der Waals surface area contributed by atoms with E-state index in [-0.39, 0.29) is 12.1 Å². The summed E-state index contributed by atoms with van der Waals surface area (Å²) in [6.07, 6.45) is 1.42. The quantitative estimate of drug-likeness (QED) is 0.439. The summed E-state index contributed by atoms with van der Waals surface area (Å²) in [7, 11) is 1.57. The molecule has 0 radical (unpaired) electrons. The molecule has 0 fully saturated rings. The number of nitrogens with one attached hydrogen (secondary N) is 1. The van der Waals surface area contributed by atoms with Crippen LogP contribution in [-0.2, 0) is 13.6 Å². The van der Waals surface area contributed by atoms with Gasteiger partial charge in [-0.2, -0.15) is 0 Å². The second kappa shape index (κ2) is 5.21. The van der Waals surface area contributed by atoms with Crippen LogP contribution in [-0.4, -0.2) is 15.0 Å². The normalized spacial score (nSPS) is 10.4. The third-order valence-electron chi connectivity index (χ3n) is 2.57. The Labute approximate surface area is 111 Å². The minimum absolute atomic E-state index is 0.134. The van der Waals surface area contributed by atoms with E-state index < -0.39 is 11.6 Å². The van der Waals surface area contributed by atoms with Crippen molar-refractivity contribution in [3.8, 4) is 0 Å². The van der Waals surface area contributed by atoms with Crippen molar-refractivity contribution in [1.29, 1.82) is 0 Å². The summed E-state index contributed by atoms with van der Waals surface area (Å²) in [5, 5.41) is 0. The zero-order valence-corrected chi connectivity index (χ0v) is 10.9. The van der Waals surface area contributed by atoms with Crippen LogP contribution in [0.5, 0.6) is 0 Å². The van der Waals surface area contributed by atoms with Crippen molar-refractivity contribution < 1.29 is 4.79 Å². The average Bonchev–Trinajstić information content (AvgIpc) is 2.87. The summed E-state index contributed by atoms with van der Waals surface area (Å²) in [5.74, 6) is 4.63. The summed E-state index contributed by atoms with van der Waals surface area (Å²) in [6, 6.07) is 4.61. The van der Waals surface area contributed by atoms with Crippen LogP contribution in [0.25, 0.3) is 0 Å². The van der Waals surface area contributed by atoms with E-state index in [1.54, 1.807) is 19.2 Å². The highest BCUT2D eigenvalue weighted by Gasteiger charge is 2.10. The molecule has 0 aliphatic heterocycles. The molecule has 0 aromatic carbocycles. The molecule has 0 saturated carbocycles. The topological polar surface area (TPSA) is 99.1 Å². The van der Waals surface area contributed by atoms with Gasteiger partial charge in [0.05, 0.1) is 11.4 Å². The molecule has 8 heteroatoms. The molecule has 100 valence electrons. The number of nitrogens with two attached hydrogens (primary N) is 1. The molecule has 0 spiro atoms. The smallest absolute Gasteiger partial charge is 0.303 e.